The third-order valence-corrected chi connectivity index (χ3v) is 8.29. The lowest BCUT2D eigenvalue weighted by molar-refractivity contribution is -0.387. The van der Waals surface area contributed by atoms with Crippen LogP contribution >= 0.6 is 11.8 Å². The highest BCUT2D eigenvalue weighted by atomic mass is 32.2. The number of imidazole rings is 1. The molecule has 1 atom stereocenters. The number of nitro benzene ring substituents is 1. The van der Waals surface area contributed by atoms with Gasteiger partial charge in [-0.3, -0.25) is 10.1 Å². The molecule has 0 fully saturated rings. The fraction of sp³-hybridized carbons (Fsp3) is 0.276. The quantitative estimate of drug-likeness (QED) is 0.222. The van der Waals surface area contributed by atoms with E-state index in [4.69, 9.17) is 4.98 Å². The van der Waals surface area contributed by atoms with Crippen LogP contribution < -0.4 is 0 Å². The van der Waals surface area contributed by atoms with Crippen molar-refractivity contribution in [1.82, 2.24) is 14.5 Å². The number of carboxylic acid groups (broad SMARTS) is 1. The van der Waals surface area contributed by atoms with Crippen molar-refractivity contribution in [2.24, 2.45) is 18.4 Å². The summed E-state index contributed by atoms with van der Waals surface area (Å²) >= 11 is 1.24. The van der Waals surface area contributed by atoms with Crippen LogP contribution in [0.4, 0.5) is 5.69 Å². The maximum absolute atomic E-state index is 12.5. The van der Waals surface area contributed by atoms with Crippen molar-refractivity contribution >= 4 is 46.0 Å². The van der Waals surface area contributed by atoms with Gasteiger partial charge in [-0.1, -0.05) is 45.0 Å². The number of nitrogens with zero attached hydrogens (tertiary/aromatic N) is 4. The molecule has 1 aliphatic rings. The summed E-state index contributed by atoms with van der Waals surface area (Å²) in [5.74, 6) is -0.796. The molecule has 8 nitrogen and oxygen atoms in total. The maximum Gasteiger partial charge on any atom is 0.336 e. The number of pyridine rings is 1. The van der Waals surface area contributed by atoms with E-state index in [1.165, 1.54) is 11.8 Å². The van der Waals surface area contributed by atoms with Crippen LogP contribution in [-0.2, 0) is 13.5 Å². The monoisotopic (exact) mass is 528 g/mol. The van der Waals surface area contributed by atoms with Crippen molar-refractivity contribution in [3.63, 3.8) is 0 Å². The first kappa shape index (κ1) is 25.7. The van der Waals surface area contributed by atoms with Gasteiger partial charge in [-0.25, -0.2) is 14.8 Å². The maximum atomic E-state index is 12.5. The van der Waals surface area contributed by atoms with Gasteiger partial charge in [-0.2, -0.15) is 0 Å². The number of rotatable bonds is 5. The lowest BCUT2D eigenvalue weighted by atomic mass is 9.69. The zero-order chi connectivity index (χ0) is 27.2. The molecule has 4 aromatic rings. The molecule has 2 aromatic carbocycles. The van der Waals surface area contributed by atoms with Crippen molar-refractivity contribution in [2.75, 3.05) is 0 Å². The summed E-state index contributed by atoms with van der Waals surface area (Å²) < 4.78 is 1.81. The van der Waals surface area contributed by atoms with Gasteiger partial charge >= 0.3 is 5.97 Å². The third-order valence-electron chi connectivity index (χ3n) is 7.15. The van der Waals surface area contributed by atoms with Crippen LogP contribution in [-0.4, -0.2) is 30.5 Å². The summed E-state index contributed by atoms with van der Waals surface area (Å²) in [5.41, 5.74) is 3.78. The average molecular weight is 529 g/mol. The highest BCUT2D eigenvalue weighted by Crippen LogP contribution is 2.45. The molecule has 0 spiro atoms. The van der Waals surface area contributed by atoms with E-state index in [0.29, 0.717) is 50.6 Å². The van der Waals surface area contributed by atoms with Crippen molar-refractivity contribution in [2.45, 2.75) is 43.7 Å². The van der Waals surface area contributed by atoms with Crippen LogP contribution in [0.25, 0.3) is 22.6 Å². The smallest absolute Gasteiger partial charge is 0.336 e. The molecule has 5 rings (SSSR count). The molecule has 0 unspecified atom stereocenters. The van der Waals surface area contributed by atoms with Gasteiger partial charge < -0.3 is 9.67 Å². The number of aromatic carboxylic acids is 1. The van der Waals surface area contributed by atoms with Crippen molar-refractivity contribution in [3.8, 4) is 0 Å². The average Bonchev–Trinajstić information content (AvgIpc) is 3.26. The minimum absolute atomic E-state index is 0.00606. The third kappa shape index (κ3) is 4.81. The molecular weight excluding hydrogens is 500 g/mol. The van der Waals surface area contributed by atoms with Crippen LogP contribution in [0.3, 0.4) is 0 Å². The lowest BCUT2D eigenvalue weighted by Gasteiger charge is -2.36. The number of aryl methyl sites for hydroxylation is 1. The number of fused-ring (bicyclic) bond motifs is 2. The molecule has 0 aliphatic heterocycles. The van der Waals surface area contributed by atoms with Crippen LogP contribution in [0.5, 0.6) is 0 Å². The molecule has 0 saturated carbocycles. The molecule has 0 saturated heterocycles. The number of hydrogen-bond acceptors (Lipinski definition) is 6. The Balaban J connectivity index is 1.67. The Kier molecular flexibility index (Phi) is 6.56. The molecule has 9 heteroatoms. The molecule has 1 N–H and O–H groups in total. The van der Waals surface area contributed by atoms with E-state index in [2.05, 4.69) is 25.8 Å². The molecule has 0 bridgehead atoms. The first-order valence-electron chi connectivity index (χ1n) is 12.3. The lowest BCUT2D eigenvalue weighted by Crippen LogP contribution is -2.28. The topological polar surface area (TPSA) is 111 Å². The summed E-state index contributed by atoms with van der Waals surface area (Å²) in [7, 11) is 1.84. The van der Waals surface area contributed by atoms with Crippen molar-refractivity contribution in [1.29, 1.82) is 0 Å². The van der Waals surface area contributed by atoms with Gasteiger partial charge in [0.15, 0.2) is 5.16 Å². The summed E-state index contributed by atoms with van der Waals surface area (Å²) in [4.78, 5) is 33.8. The number of hydrogen-bond donors (Lipinski definition) is 1. The van der Waals surface area contributed by atoms with Crippen molar-refractivity contribution < 1.29 is 14.8 Å². The molecule has 0 radical (unpaired) electrons. The first-order chi connectivity index (χ1) is 18.0. The van der Waals surface area contributed by atoms with E-state index < -0.39 is 5.97 Å². The Morgan fingerprint density at radius 1 is 1.21 bits per heavy atom. The number of nitro groups is 1. The van der Waals surface area contributed by atoms with Gasteiger partial charge in [0.1, 0.15) is 0 Å². The summed E-state index contributed by atoms with van der Waals surface area (Å²) in [5, 5.41) is 23.5. The van der Waals surface area contributed by atoms with Gasteiger partial charge in [-0.05, 0) is 70.8 Å². The number of para-hydroxylation sites is 1. The predicted octanol–water partition coefficient (Wildman–Crippen LogP) is 6.88. The van der Waals surface area contributed by atoms with Crippen LogP contribution in [0.2, 0.25) is 0 Å². The second-order valence-electron chi connectivity index (χ2n) is 10.7. The summed E-state index contributed by atoms with van der Waals surface area (Å²) in [6.45, 7) is 6.47. The van der Waals surface area contributed by atoms with Gasteiger partial charge in [0, 0.05) is 30.9 Å². The molecule has 194 valence electrons. The normalized spacial score (nSPS) is 16.5. The van der Waals surface area contributed by atoms with E-state index in [0.717, 1.165) is 11.1 Å². The van der Waals surface area contributed by atoms with Crippen LogP contribution in [0, 0.1) is 21.4 Å². The summed E-state index contributed by atoms with van der Waals surface area (Å²) in [6, 6.07) is 12.5. The van der Waals surface area contributed by atoms with Crippen LogP contribution in [0.15, 0.2) is 64.9 Å². The van der Waals surface area contributed by atoms with Gasteiger partial charge in [0.05, 0.1) is 26.6 Å². The first-order valence-corrected chi connectivity index (χ1v) is 13.1. The summed E-state index contributed by atoms with van der Waals surface area (Å²) in [6.07, 6.45) is 6.67. The molecule has 0 amide bonds. The minimum atomic E-state index is -0.972. The number of allylic oxidation sites excluding steroid dienone is 1. The van der Waals surface area contributed by atoms with E-state index in [1.54, 1.807) is 30.6 Å². The van der Waals surface area contributed by atoms with E-state index in [9.17, 15) is 20.0 Å². The van der Waals surface area contributed by atoms with Gasteiger partial charge in [-0.15, -0.1) is 0 Å². The van der Waals surface area contributed by atoms with Gasteiger partial charge in [0.25, 0.3) is 5.69 Å². The molecule has 38 heavy (non-hydrogen) atoms. The zero-order valence-corrected chi connectivity index (χ0v) is 22.5. The number of benzene rings is 2. The predicted molar refractivity (Wildman–Crippen MR) is 148 cm³/mol. The van der Waals surface area contributed by atoms with E-state index in [-0.39, 0.29) is 21.9 Å². The molecule has 2 aromatic heterocycles. The Bertz CT molecular complexity index is 1620. The second kappa shape index (κ2) is 9.72. The SMILES string of the molecule is Cn1ccnc1Sc1ccc(/C=C2\C[C@@H](C(C)(C)C)Cc3c2nc2ccccc2c3C(=O)O)cc1[N+](=O)[O-]. The van der Waals surface area contributed by atoms with Gasteiger partial charge in [0.2, 0.25) is 0 Å². The number of carbonyl (C=O) groups is 1. The minimum Gasteiger partial charge on any atom is -0.478 e. The molecular formula is C29H28N4O4S. The number of carboxylic acids is 1. The van der Waals surface area contributed by atoms with E-state index in [1.807, 2.05) is 42.0 Å². The Morgan fingerprint density at radius 3 is 2.63 bits per heavy atom. The Morgan fingerprint density at radius 2 is 1.97 bits per heavy atom. The van der Waals surface area contributed by atoms with Crippen molar-refractivity contribution in [3.05, 3.63) is 87.4 Å². The highest BCUT2D eigenvalue weighted by molar-refractivity contribution is 7.99. The molecule has 1 aliphatic carbocycles. The fourth-order valence-electron chi connectivity index (χ4n) is 4.98. The Labute approximate surface area is 224 Å². The molecule has 2 heterocycles. The zero-order valence-electron chi connectivity index (χ0n) is 21.6. The second-order valence-corrected chi connectivity index (χ2v) is 11.7. The number of aromatic nitrogens is 3. The fourth-order valence-corrected chi connectivity index (χ4v) is 5.87. The Hall–Kier alpha value is -3.98. The van der Waals surface area contributed by atoms with E-state index >= 15 is 0 Å². The van der Waals surface area contributed by atoms with Crippen LogP contribution in [0.1, 0.15) is 54.4 Å². The standard InChI is InChI=1S/C29H28N4O4S/c1-29(2,3)19-15-18(26-21(16-19)25(27(34)35)20-7-5-6-8-22(20)31-26)13-17-9-10-24(23(14-17)33(36)37)38-28-30-11-12-32(28)4/h5-14,19H,15-16H2,1-4H3,(H,34,35)/b18-13+/t19-/m1/s1. The largest absolute Gasteiger partial charge is 0.478 e. The highest BCUT2D eigenvalue weighted by Gasteiger charge is 2.35.